The molecule has 0 spiro atoms. The maximum atomic E-state index is 12.5. The first-order chi connectivity index (χ1) is 11.1. The first-order valence-electron chi connectivity index (χ1n) is 7.54. The van der Waals surface area contributed by atoms with E-state index >= 15 is 0 Å². The maximum Gasteiger partial charge on any atom is 0.255 e. The average molecular weight is 449 g/mol. The van der Waals surface area contributed by atoms with Crippen LogP contribution in [0.25, 0.3) is 0 Å². The second kappa shape index (κ2) is 9.97. The van der Waals surface area contributed by atoms with E-state index in [-0.39, 0.29) is 36.8 Å². The van der Waals surface area contributed by atoms with Crippen LogP contribution in [0.2, 0.25) is 0 Å². The molecule has 1 N–H and O–H groups in total. The number of pyridine rings is 1. The standard InChI is InChI=1S/C17H18BrN3O2.2ClH/c1-12-10-19-7-8-21(12)17(22)13-5-6-16(20-11-13)23-15-4-2-3-14(18)9-15;;/h2-6,9,11-12,19H,7-8,10H2,1H3;2*1H/t12-;;/m0../s1. The summed E-state index contributed by atoms with van der Waals surface area (Å²) in [5.74, 6) is 1.18. The van der Waals surface area contributed by atoms with Crippen LogP contribution >= 0.6 is 40.7 Å². The Balaban J connectivity index is 0.00000156. The molecule has 136 valence electrons. The third kappa shape index (κ3) is 5.57. The van der Waals surface area contributed by atoms with Crippen LogP contribution in [-0.4, -0.2) is 41.5 Å². The summed E-state index contributed by atoms with van der Waals surface area (Å²) in [5.41, 5.74) is 0.584. The predicted molar refractivity (Wildman–Crippen MR) is 106 cm³/mol. The highest BCUT2D eigenvalue weighted by atomic mass is 79.9. The zero-order chi connectivity index (χ0) is 16.2. The number of nitrogens with one attached hydrogen (secondary N) is 1. The van der Waals surface area contributed by atoms with E-state index in [4.69, 9.17) is 4.74 Å². The molecule has 1 aromatic heterocycles. The van der Waals surface area contributed by atoms with Crippen molar-refractivity contribution >= 4 is 46.7 Å². The van der Waals surface area contributed by atoms with E-state index < -0.39 is 0 Å². The number of piperazine rings is 1. The monoisotopic (exact) mass is 447 g/mol. The molecule has 1 aliphatic heterocycles. The highest BCUT2D eigenvalue weighted by Gasteiger charge is 2.24. The maximum absolute atomic E-state index is 12.5. The first-order valence-corrected chi connectivity index (χ1v) is 8.34. The van der Waals surface area contributed by atoms with Crippen molar-refractivity contribution in [2.24, 2.45) is 0 Å². The molecule has 0 saturated carbocycles. The van der Waals surface area contributed by atoms with Crippen molar-refractivity contribution in [2.75, 3.05) is 19.6 Å². The van der Waals surface area contributed by atoms with Gasteiger partial charge in [0, 0.05) is 42.4 Å². The summed E-state index contributed by atoms with van der Waals surface area (Å²) in [6.45, 7) is 4.41. The molecule has 0 bridgehead atoms. The summed E-state index contributed by atoms with van der Waals surface area (Å²) in [6, 6.07) is 11.2. The molecule has 2 heterocycles. The molecule has 1 aromatic carbocycles. The van der Waals surface area contributed by atoms with Crippen molar-refractivity contribution < 1.29 is 9.53 Å². The van der Waals surface area contributed by atoms with Crippen molar-refractivity contribution in [1.29, 1.82) is 0 Å². The number of halogens is 3. The molecule has 1 aliphatic rings. The van der Waals surface area contributed by atoms with Gasteiger partial charge in [0.15, 0.2) is 0 Å². The van der Waals surface area contributed by atoms with Crippen LogP contribution in [0.15, 0.2) is 47.1 Å². The summed E-state index contributed by atoms with van der Waals surface area (Å²) in [6.07, 6.45) is 1.57. The lowest BCUT2D eigenvalue weighted by Crippen LogP contribution is -2.52. The van der Waals surface area contributed by atoms with Gasteiger partial charge in [-0.1, -0.05) is 22.0 Å². The third-order valence-corrected chi connectivity index (χ3v) is 4.26. The molecule has 0 unspecified atom stereocenters. The second-order valence-electron chi connectivity index (χ2n) is 5.50. The van der Waals surface area contributed by atoms with Crippen molar-refractivity contribution in [3.8, 4) is 11.6 Å². The Morgan fingerprint density at radius 2 is 2.12 bits per heavy atom. The molecule has 3 rings (SSSR count). The SMILES string of the molecule is C[C@H]1CNCCN1C(=O)c1ccc(Oc2cccc(Br)c2)nc1.Cl.Cl. The normalized spacial score (nSPS) is 16.4. The lowest BCUT2D eigenvalue weighted by molar-refractivity contribution is 0.0655. The Morgan fingerprint density at radius 1 is 1.32 bits per heavy atom. The zero-order valence-electron chi connectivity index (χ0n) is 13.6. The minimum absolute atomic E-state index is 0. The number of benzene rings is 1. The second-order valence-corrected chi connectivity index (χ2v) is 6.41. The highest BCUT2D eigenvalue weighted by Crippen LogP contribution is 2.23. The Labute approximate surface area is 168 Å². The molecule has 0 radical (unpaired) electrons. The quantitative estimate of drug-likeness (QED) is 0.773. The summed E-state index contributed by atoms with van der Waals surface area (Å²) < 4.78 is 6.62. The number of nitrogens with zero attached hydrogens (tertiary/aromatic N) is 2. The minimum Gasteiger partial charge on any atom is -0.439 e. The number of ether oxygens (including phenoxy) is 1. The van der Waals surface area contributed by atoms with E-state index in [1.807, 2.05) is 36.1 Å². The average Bonchev–Trinajstić information content (AvgIpc) is 2.55. The lowest BCUT2D eigenvalue weighted by Gasteiger charge is -2.33. The van der Waals surface area contributed by atoms with Gasteiger partial charge in [0.1, 0.15) is 5.75 Å². The molecule has 2 aromatic rings. The smallest absolute Gasteiger partial charge is 0.255 e. The van der Waals surface area contributed by atoms with Gasteiger partial charge in [0.2, 0.25) is 5.88 Å². The summed E-state index contributed by atoms with van der Waals surface area (Å²) >= 11 is 3.40. The van der Waals surface area contributed by atoms with Gasteiger partial charge in [-0.15, -0.1) is 24.8 Å². The van der Waals surface area contributed by atoms with Gasteiger partial charge in [-0.2, -0.15) is 0 Å². The zero-order valence-corrected chi connectivity index (χ0v) is 16.9. The van der Waals surface area contributed by atoms with Crippen LogP contribution in [0.1, 0.15) is 17.3 Å². The Morgan fingerprint density at radius 3 is 2.76 bits per heavy atom. The largest absolute Gasteiger partial charge is 0.439 e. The Hall–Kier alpha value is -1.34. The van der Waals surface area contributed by atoms with Crippen molar-refractivity contribution in [3.63, 3.8) is 0 Å². The van der Waals surface area contributed by atoms with Crippen LogP contribution in [0.4, 0.5) is 0 Å². The number of amides is 1. The van der Waals surface area contributed by atoms with Crippen molar-refractivity contribution in [1.82, 2.24) is 15.2 Å². The molecule has 0 aliphatic carbocycles. The summed E-state index contributed by atoms with van der Waals surface area (Å²) in [5, 5.41) is 3.28. The fourth-order valence-corrected chi connectivity index (χ4v) is 2.91. The van der Waals surface area contributed by atoms with E-state index in [2.05, 4.69) is 26.2 Å². The van der Waals surface area contributed by atoms with Crippen LogP contribution in [0.5, 0.6) is 11.6 Å². The number of carbonyl (C=O) groups excluding carboxylic acids is 1. The van der Waals surface area contributed by atoms with Crippen molar-refractivity contribution in [3.05, 3.63) is 52.6 Å². The Bertz CT molecular complexity index is 701. The number of carbonyl (C=O) groups is 1. The topological polar surface area (TPSA) is 54.5 Å². The molecule has 1 fully saturated rings. The predicted octanol–water partition coefficient (Wildman–Crippen LogP) is 3.91. The van der Waals surface area contributed by atoms with E-state index in [0.29, 0.717) is 17.2 Å². The molecule has 1 saturated heterocycles. The summed E-state index contributed by atoms with van der Waals surface area (Å²) in [7, 11) is 0. The highest BCUT2D eigenvalue weighted by molar-refractivity contribution is 9.10. The molecular formula is C17H20BrCl2N3O2. The van der Waals surface area contributed by atoms with Crippen LogP contribution in [0.3, 0.4) is 0 Å². The minimum atomic E-state index is 0. The fraction of sp³-hybridized carbons (Fsp3) is 0.294. The van der Waals surface area contributed by atoms with Gasteiger partial charge in [0.05, 0.1) is 5.56 Å². The fourth-order valence-electron chi connectivity index (χ4n) is 2.53. The summed E-state index contributed by atoms with van der Waals surface area (Å²) in [4.78, 5) is 18.7. The van der Waals surface area contributed by atoms with E-state index in [1.54, 1.807) is 18.3 Å². The van der Waals surface area contributed by atoms with Crippen LogP contribution in [-0.2, 0) is 0 Å². The van der Waals surface area contributed by atoms with Gasteiger partial charge >= 0.3 is 0 Å². The first kappa shape index (κ1) is 21.7. The molecular weight excluding hydrogens is 429 g/mol. The van der Waals surface area contributed by atoms with Crippen LogP contribution in [0, 0.1) is 0 Å². The molecule has 1 amide bonds. The van der Waals surface area contributed by atoms with Gasteiger partial charge < -0.3 is 15.0 Å². The van der Waals surface area contributed by atoms with Gasteiger partial charge in [-0.3, -0.25) is 4.79 Å². The van der Waals surface area contributed by atoms with E-state index in [1.165, 1.54) is 0 Å². The van der Waals surface area contributed by atoms with E-state index in [9.17, 15) is 4.79 Å². The van der Waals surface area contributed by atoms with E-state index in [0.717, 1.165) is 24.1 Å². The number of aromatic nitrogens is 1. The lowest BCUT2D eigenvalue weighted by atomic mass is 10.1. The number of hydrogen-bond donors (Lipinski definition) is 1. The van der Waals surface area contributed by atoms with Gasteiger partial charge in [-0.25, -0.2) is 4.98 Å². The molecule has 1 atom stereocenters. The van der Waals surface area contributed by atoms with Crippen molar-refractivity contribution in [2.45, 2.75) is 13.0 Å². The number of hydrogen-bond acceptors (Lipinski definition) is 4. The molecule has 25 heavy (non-hydrogen) atoms. The molecule has 8 heteroatoms. The van der Waals surface area contributed by atoms with Gasteiger partial charge in [-0.05, 0) is 31.2 Å². The van der Waals surface area contributed by atoms with Crippen LogP contribution < -0.4 is 10.1 Å². The third-order valence-electron chi connectivity index (χ3n) is 3.76. The molecule has 5 nitrogen and oxygen atoms in total. The number of rotatable bonds is 3. The Kier molecular flexibility index (Phi) is 8.65. The van der Waals surface area contributed by atoms with Gasteiger partial charge in [0.25, 0.3) is 5.91 Å².